The summed E-state index contributed by atoms with van der Waals surface area (Å²) in [6, 6.07) is 9.96. The Balaban J connectivity index is 1.82. The van der Waals surface area contributed by atoms with Gasteiger partial charge in [-0.25, -0.2) is 0 Å². The van der Waals surface area contributed by atoms with E-state index in [1.54, 1.807) is 30.5 Å². The van der Waals surface area contributed by atoms with Gasteiger partial charge in [-0.2, -0.15) is 8.42 Å². The Morgan fingerprint density at radius 2 is 1.66 bits per heavy atom. The molecule has 1 heterocycles. The smallest absolute Gasteiger partial charge is 0.297 e. The third-order valence-electron chi connectivity index (χ3n) is 5.09. The van der Waals surface area contributed by atoms with Crippen molar-refractivity contribution in [2.24, 2.45) is 0 Å². The predicted molar refractivity (Wildman–Crippen MR) is 116 cm³/mol. The molecule has 0 unspecified atom stereocenters. The van der Waals surface area contributed by atoms with Crippen LogP contribution in [0.2, 0.25) is 18.1 Å². The Hall–Kier alpha value is -1.74. The number of ether oxygens (including phenoxy) is 1. The summed E-state index contributed by atoms with van der Waals surface area (Å²) in [5, 5.41) is 0.162. The second-order valence-electron chi connectivity index (χ2n) is 8.47. The summed E-state index contributed by atoms with van der Waals surface area (Å²) in [7, 11) is -5.59. The molecule has 160 valence electrons. The SMILES string of the molecule is Cc1ccc(S(=O)(=O)OCc2ccc(OCCO[Si](C)(C)C(C)(C)C)cn2)cc1. The lowest BCUT2D eigenvalue weighted by Gasteiger charge is -2.36. The summed E-state index contributed by atoms with van der Waals surface area (Å²) in [5.41, 5.74) is 1.49. The number of pyridine rings is 1. The number of benzene rings is 1. The average molecular weight is 438 g/mol. The molecule has 29 heavy (non-hydrogen) atoms. The Morgan fingerprint density at radius 3 is 2.21 bits per heavy atom. The molecule has 0 fully saturated rings. The van der Waals surface area contributed by atoms with Crippen molar-refractivity contribution in [1.82, 2.24) is 4.98 Å². The highest BCUT2D eigenvalue weighted by Crippen LogP contribution is 2.36. The number of hydrogen-bond donors (Lipinski definition) is 0. The second-order valence-corrected chi connectivity index (χ2v) is 14.9. The van der Waals surface area contributed by atoms with Gasteiger partial charge in [-0.1, -0.05) is 38.5 Å². The van der Waals surface area contributed by atoms with Crippen LogP contribution in [0.5, 0.6) is 5.75 Å². The molecule has 0 atom stereocenters. The van der Waals surface area contributed by atoms with E-state index in [-0.39, 0.29) is 16.5 Å². The molecule has 8 heteroatoms. The van der Waals surface area contributed by atoms with Gasteiger partial charge < -0.3 is 9.16 Å². The maximum absolute atomic E-state index is 12.2. The van der Waals surface area contributed by atoms with Crippen molar-refractivity contribution in [3.05, 3.63) is 53.9 Å². The molecule has 0 saturated carbocycles. The van der Waals surface area contributed by atoms with Crippen LogP contribution in [0.25, 0.3) is 0 Å². The zero-order chi connectivity index (χ0) is 21.7. The fourth-order valence-electron chi connectivity index (χ4n) is 2.17. The second kappa shape index (κ2) is 9.38. The topological polar surface area (TPSA) is 74.7 Å². The lowest BCUT2D eigenvalue weighted by Crippen LogP contribution is -2.41. The first-order chi connectivity index (χ1) is 13.4. The van der Waals surface area contributed by atoms with Crippen molar-refractivity contribution in [1.29, 1.82) is 0 Å². The fraction of sp³-hybridized carbons (Fsp3) is 0.476. The van der Waals surface area contributed by atoms with Crippen molar-refractivity contribution in [2.75, 3.05) is 13.2 Å². The van der Waals surface area contributed by atoms with Crippen molar-refractivity contribution in [2.45, 2.75) is 57.3 Å². The highest BCUT2D eigenvalue weighted by Gasteiger charge is 2.36. The van der Waals surface area contributed by atoms with Crippen molar-refractivity contribution in [3.63, 3.8) is 0 Å². The summed E-state index contributed by atoms with van der Waals surface area (Å²) < 4.78 is 41.3. The summed E-state index contributed by atoms with van der Waals surface area (Å²) in [4.78, 5) is 4.34. The Morgan fingerprint density at radius 1 is 1.00 bits per heavy atom. The van der Waals surface area contributed by atoms with E-state index in [2.05, 4.69) is 38.8 Å². The van der Waals surface area contributed by atoms with Gasteiger partial charge in [0.2, 0.25) is 0 Å². The van der Waals surface area contributed by atoms with Gasteiger partial charge in [0.05, 0.1) is 23.4 Å². The van der Waals surface area contributed by atoms with E-state index >= 15 is 0 Å². The Labute approximate surface area is 175 Å². The van der Waals surface area contributed by atoms with Crippen LogP contribution in [-0.2, 0) is 25.3 Å². The molecule has 1 aromatic carbocycles. The van der Waals surface area contributed by atoms with Crippen LogP contribution < -0.4 is 4.74 Å². The zero-order valence-corrected chi connectivity index (χ0v) is 19.9. The van der Waals surface area contributed by atoms with Gasteiger partial charge in [0, 0.05) is 0 Å². The first-order valence-corrected chi connectivity index (χ1v) is 13.9. The first-order valence-electron chi connectivity index (χ1n) is 9.58. The molecular formula is C21H31NO5SSi. The molecule has 0 radical (unpaired) electrons. The lowest BCUT2D eigenvalue weighted by molar-refractivity contribution is 0.203. The Kier molecular flexibility index (Phi) is 7.61. The fourth-order valence-corrected chi connectivity index (χ4v) is 4.07. The van der Waals surface area contributed by atoms with E-state index < -0.39 is 18.4 Å². The molecule has 0 aliphatic heterocycles. The molecule has 1 aromatic heterocycles. The quantitative estimate of drug-likeness (QED) is 0.322. The minimum Gasteiger partial charge on any atom is -0.490 e. The van der Waals surface area contributed by atoms with Crippen molar-refractivity contribution in [3.8, 4) is 5.75 Å². The van der Waals surface area contributed by atoms with E-state index in [1.165, 1.54) is 12.1 Å². The van der Waals surface area contributed by atoms with Crippen molar-refractivity contribution < 1.29 is 21.8 Å². The van der Waals surface area contributed by atoms with Gasteiger partial charge in [-0.15, -0.1) is 0 Å². The van der Waals surface area contributed by atoms with E-state index in [1.807, 2.05) is 6.92 Å². The zero-order valence-electron chi connectivity index (χ0n) is 18.1. The van der Waals surface area contributed by atoms with Crippen LogP contribution in [0.3, 0.4) is 0 Å². The molecule has 0 amide bonds. The van der Waals surface area contributed by atoms with E-state index in [4.69, 9.17) is 13.3 Å². The normalized spacial score (nSPS) is 12.8. The minimum atomic E-state index is -3.81. The molecule has 0 bridgehead atoms. The highest BCUT2D eigenvalue weighted by atomic mass is 32.2. The third kappa shape index (κ3) is 6.92. The monoisotopic (exact) mass is 437 g/mol. The summed E-state index contributed by atoms with van der Waals surface area (Å²) in [6.45, 7) is 13.7. The minimum absolute atomic E-state index is 0.129. The van der Waals surface area contributed by atoms with E-state index in [0.717, 1.165) is 5.56 Å². The van der Waals surface area contributed by atoms with Crippen LogP contribution in [-0.4, -0.2) is 34.9 Å². The molecule has 0 saturated heterocycles. The van der Waals surface area contributed by atoms with Crippen LogP contribution in [0.1, 0.15) is 32.0 Å². The number of nitrogens with zero attached hydrogens (tertiary/aromatic N) is 1. The lowest BCUT2D eigenvalue weighted by atomic mass is 10.2. The molecule has 6 nitrogen and oxygen atoms in total. The van der Waals surface area contributed by atoms with Gasteiger partial charge in [0.25, 0.3) is 10.1 Å². The number of rotatable bonds is 9. The van der Waals surface area contributed by atoms with Gasteiger partial charge in [-0.05, 0) is 49.3 Å². The molecular weight excluding hydrogens is 406 g/mol. The number of aryl methyl sites for hydroxylation is 1. The van der Waals surface area contributed by atoms with Crippen LogP contribution in [0.4, 0.5) is 0 Å². The van der Waals surface area contributed by atoms with Crippen LogP contribution >= 0.6 is 0 Å². The van der Waals surface area contributed by atoms with Gasteiger partial charge in [0.15, 0.2) is 8.32 Å². The van der Waals surface area contributed by atoms with E-state index in [0.29, 0.717) is 24.7 Å². The molecule has 0 N–H and O–H groups in total. The largest absolute Gasteiger partial charge is 0.490 e. The third-order valence-corrected chi connectivity index (χ3v) is 10.9. The average Bonchev–Trinajstić information content (AvgIpc) is 2.64. The summed E-state index contributed by atoms with van der Waals surface area (Å²) in [5.74, 6) is 0.606. The summed E-state index contributed by atoms with van der Waals surface area (Å²) >= 11 is 0. The molecule has 0 aliphatic rings. The maximum atomic E-state index is 12.2. The maximum Gasteiger partial charge on any atom is 0.297 e. The van der Waals surface area contributed by atoms with Gasteiger partial charge >= 0.3 is 0 Å². The molecule has 0 aliphatic carbocycles. The standard InChI is InChI=1S/C21H31NO5SSi/c1-17-7-11-20(12-8-17)28(23,24)26-16-18-9-10-19(15-22-18)25-13-14-27-29(5,6)21(2,3)4/h7-12,15H,13-14,16H2,1-6H3. The van der Waals surface area contributed by atoms with Crippen molar-refractivity contribution >= 4 is 18.4 Å². The highest BCUT2D eigenvalue weighted by molar-refractivity contribution is 7.86. The summed E-state index contributed by atoms with van der Waals surface area (Å²) in [6.07, 6.45) is 1.56. The molecule has 2 aromatic rings. The first kappa shape index (κ1) is 23.5. The molecule has 2 rings (SSSR count). The van der Waals surface area contributed by atoms with Gasteiger partial charge in [-0.3, -0.25) is 9.17 Å². The number of aromatic nitrogens is 1. The predicted octanol–water partition coefficient (Wildman–Crippen LogP) is 4.70. The van der Waals surface area contributed by atoms with Gasteiger partial charge in [0.1, 0.15) is 19.0 Å². The Bertz CT molecular complexity index is 888. The van der Waals surface area contributed by atoms with E-state index in [9.17, 15) is 8.42 Å². The number of hydrogen-bond acceptors (Lipinski definition) is 6. The van der Waals surface area contributed by atoms with Crippen LogP contribution in [0.15, 0.2) is 47.5 Å². The van der Waals surface area contributed by atoms with Crippen LogP contribution in [0, 0.1) is 6.92 Å². The molecule has 0 spiro atoms.